The first-order valence-corrected chi connectivity index (χ1v) is 6.69. The molecule has 0 spiro atoms. The third-order valence-corrected chi connectivity index (χ3v) is 3.40. The monoisotopic (exact) mass is 434 g/mol. The molecule has 84 valence electrons. The van der Waals surface area contributed by atoms with Crippen molar-refractivity contribution in [3.8, 4) is 11.5 Å². The first-order valence-electron chi connectivity index (χ1n) is 4.53. The lowest BCUT2D eigenvalue weighted by Crippen LogP contribution is -2.07. The minimum absolute atomic E-state index is 0.289. The molecule has 1 N–H and O–H groups in total. The van der Waals surface area contributed by atoms with Crippen molar-refractivity contribution in [2.24, 2.45) is 0 Å². The van der Waals surface area contributed by atoms with Gasteiger partial charge in [-0.1, -0.05) is 0 Å². The molecule has 0 atom stereocenters. The van der Waals surface area contributed by atoms with Crippen LogP contribution in [0.4, 0.5) is 0 Å². The average Bonchev–Trinajstić information content (AvgIpc) is 2.20. The van der Waals surface area contributed by atoms with E-state index in [1.165, 1.54) is 0 Å². The molecule has 0 aliphatic rings. The second kappa shape index (κ2) is 6.74. The number of hydrogen-bond donors (Lipinski definition) is 1. The number of phenolic OH excluding ortho intramolecular Hbond substituents is 1. The molecule has 0 amide bonds. The zero-order valence-corrected chi connectivity index (χ0v) is 12.6. The summed E-state index contributed by atoms with van der Waals surface area (Å²) in [5.74, 6) is 1.08. The van der Waals surface area contributed by atoms with Crippen molar-refractivity contribution in [2.75, 3.05) is 19.8 Å². The third-order valence-electron chi connectivity index (χ3n) is 1.69. The zero-order valence-electron chi connectivity index (χ0n) is 8.30. The fraction of sp³-hybridized carbons (Fsp3) is 0.400. The van der Waals surface area contributed by atoms with Gasteiger partial charge in [-0.15, -0.1) is 0 Å². The van der Waals surface area contributed by atoms with Crippen LogP contribution >= 0.6 is 45.2 Å². The van der Waals surface area contributed by atoms with Crippen molar-refractivity contribution in [1.82, 2.24) is 0 Å². The lowest BCUT2D eigenvalue weighted by Gasteiger charge is -2.09. The zero-order chi connectivity index (χ0) is 11.3. The number of benzene rings is 1. The fourth-order valence-corrected chi connectivity index (χ4v) is 2.03. The highest BCUT2D eigenvalue weighted by Crippen LogP contribution is 2.30. The predicted octanol–water partition coefficient (Wildman–Crippen LogP) is 3.02. The van der Waals surface area contributed by atoms with Crippen LogP contribution in [0.25, 0.3) is 0 Å². The number of rotatable bonds is 5. The summed E-state index contributed by atoms with van der Waals surface area (Å²) in [5, 5.41) is 9.44. The van der Waals surface area contributed by atoms with Gasteiger partial charge in [0.2, 0.25) is 0 Å². The molecule has 0 unspecified atom stereocenters. The molecule has 0 saturated carbocycles. The number of phenols is 1. The van der Waals surface area contributed by atoms with Gasteiger partial charge < -0.3 is 14.6 Å². The van der Waals surface area contributed by atoms with E-state index in [0.717, 1.165) is 12.9 Å². The number of aromatic hydroxyl groups is 1. The number of halogens is 2. The van der Waals surface area contributed by atoms with Crippen LogP contribution in [0, 0.1) is 7.14 Å². The number of hydrogen-bond acceptors (Lipinski definition) is 3. The van der Waals surface area contributed by atoms with E-state index in [0.29, 0.717) is 19.8 Å². The van der Waals surface area contributed by atoms with Gasteiger partial charge in [-0.3, -0.25) is 0 Å². The molecule has 1 rings (SSSR count). The van der Waals surface area contributed by atoms with Crippen molar-refractivity contribution in [1.29, 1.82) is 0 Å². The smallest absolute Gasteiger partial charge is 0.134 e. The Morgan fingerprint density at radius 3 is 2.60 bits per heavy atom. The summed E-state index contributed by atoms with van der Waals surface area (Å²) in [5.41, 5.74) is 0. The Bertz CT molecular complexity index is 329. The molecule has 0 fully saturated rings. The van der Waals surface area contributed by atoms with Crippen LogP contribution in [0.2, 0.25) is 0 Å². The molecule has 0 saturated heterocycles. The van der Waals surface area contributed by atoms with E-state index in [1.54, 1.807) is 6.07 Å². The van der Waals surface area contributed by atoms with Crippen molar-refractivity contribution < 1.29 is 14.6 Å². The highest BCUT2D eigenvalue weighted by Gasteiger charge is 2.06. The Hall–Kier alpha value is 0.240. The van der Waals surface area contributed by atoms with E-state index in [2.05, 4.69) is 45.2 Å². The van der Waals surface area contributed by atoms with E-state index >= 15 is 0 Å². The van der Waals surface area contributed by atoms with Gasteiger partial charge in [-0.05, 0) is 64.2 Å². The largest absolute Gasteiger partial charge is 0.507 e. The normalized spacial score (nSPS) is 10.3. The first kappa shape index (κ1) is 13.3. The van der Waals surface area contributed by atoms with Crippen LogP contribution in [0.15, 0.2) is 12.1 Å². The molecular weight excluding hydrogens is 422 g/mol. The number of ether oxygens (including phenoxy) is 2. The quantitative estimate of drug-likeness (QED) is 0.573. The van der Waals surface area contributed by atoms with Gasteiger partial charge in [0.1, 0.15) is 18.1 Å². The molecule has 15 heavy (non-hydrogen) atoms. The Labute approximate surface area is 116 Å². The lowest BCUT2D eigenvalue weighted by atomic mass is 10.3. The fourth-order valence-electron chi connectivity index (χ4n) is 0.984. The van der Waals surface area contributed by atoms with Gasteiger partial charge in [-0.25, -0.2) is 0 Å². The summed E-state index contributed by atoms with van der Waals surface area (Å²) < 4.78 is 12.4. The summed E-state index contributed by atoms with van der Waals surface area (Å²) in [6.07, 6.45) is 0. The minimum atomic E-state index is 0.289. The summed E-state index contributed by atoms with van der Waals surface area (Å²) in [4.78, 5) is 0. The standard InChI is InChI=1S/C10H12I2O3/c1-2-14-3-4-15-10-6-7(11)9(13)5-8(10)12/h5-6,13H,2-4H2,1H3. The minimum Gasteiger partial charge on any atom is -0.507 e. The van der Waals surface area contributed by atoms with Crippen molar-refractivity contribution in [3.05, 3.63) is 19.3 Å². The molecule has 1 aromatic carbocycles. The second-order valence-corrected chi connectivity index (χ2v) is 5.10. The molecule has 0 aromatic heterocycles. The van der Waals surface area contributed by atoms with E-state index in [-0.39, 0.29) is 5.75 Å². The summed E-state index contributed by atoms with van der Waals surface area (Å²) in [7, 11) is 0. The van der Waals surface area contributed by atoms with E-state index < -0.39 is 0 Å². The molecule has 0 radical (unpaired) electrons. The van der Waals surface area contributed by atoms with E-state index in [4.69, 9.17) is 9.47 Å². The molecule has 5 heteroatoms. The Kier molecular flexibility index (Phi) is 5.98. The molecule has 3 nitrogen and oxygen atoms in total. The van der Waals surface area contributed by atoms with E-state index in [1.807, 2.05) is 13.0 Å². The van der Waals surface area contributed by atoms with Gasteiger partial charge in [-0.2, -0.15) is 0 Å². The van der Waals surface area contributed by atoms with Crippen molar-refractivity contribution >= 4 is 45.2 Å². The Morgan fingerprint density at radius 1 is 1.20 bits per heavy atom. The van der Waals surface area contributed by atoms with Crippen molar-refractivity contribution in [2.45, 2.75) is 6.92 Å². The van der Waals surface area contributed by atoms with Gasteiger partial charge in [0.25, 0.3) is 0 Å². The van der Waals surface area contributed by atoms with Crippen LogP contribution in [-0.2, 0) is 4.74 Å². The maximum absolute atomic E-state index is 9.44. The van der Waals surface area contributed by atoms with Gasteiger partial charge >= 0.3 is 0 Å². The summed E-state index contributed by atoms with van der Waals surface area (Å²) in [6, 6.07) is 3.52. The topological polar surface area (TPSA) is 38.7 Å². The molecular formula is C10H12I2O3. The Balaban J connectivity index is 2.57. The second-order valence-electron chi connectivity index (χ2n) is 2.78. The van der Waals surface area contributed by atoms with Crippen LogP contribution < -0.4 is 4.74 Å². The van der Waals surface area contributed by atoms with E-state index in [9.17, 15) is 5.11 Å². The predicted molar refractivity (Wildman–Crippen MR) is 75.5 cm³/mol. The molecule has 0 aliphatic heterocycles. The van der Waals surface area contributed by atoms with Gasteiger partial charge in [0.05, 0.1) is 13.7 Å². The molecule has 0 bridgehead atoms. The van der Waals surface area contributed by atoms with Gasteiger partial charge in [0, 0.05) is 6.61 Å². The van der Waals surface area contributed by atoms with Crippen LogP contribution in [0.1, 0.15) is 6.92 Å². The van der Waals surface area contributed by atoms with Gasteiger partial charge in [0.15, 0.2) is 0 Å². The highest BCUT2D eigenvalue weighted by atomic mass is 127. The average molecular weight is 434 g/mol. The van der Waals surface area contributed by atoms with Crippen LogP contribution in [0.5, 0.6) is 11.5 Å². The maximum atomic E-state index is 9.44. The Morgan fingerprint density at radius 2 is 1.93 bits per heavy atom. The molecule has 0 aliphatic carbocycles. The van der Waals surface area contributed by atoms with Crippen LogP contribution in [-0.4, -0.2) is 24.9 Å². The first-order chi connectivity index (χ1) is 7.15. The molecule has 1 aromatic rings. The lowest BCUT2D eigenvalue weighted by molar-refractivity contribution is 0.110. The maximum Gasteiger partial charge on any atom is 0.134 e. The highest BCUT2D eigenvalue weighted by molar-refractivity contribution is 14.1. The van der Waals surface area contributed by atoms with Crippen molar-refractivity contribution in [3.63, 3.8) is 0 Å². The summed E-state index contributed by atoms with van der Waals surface area (Å²) in [6.45, 7) is 3.77. The van der Waals surface area contributed by atoms with Crippen LogP contribution in [0.3, 0.4) is 0 Å². The summed E-state index contributed by atoms with van der Waals surface area (Å²) >= 11 is 4.21. The third kappa shape index (κ3) is 4.31. The SMILES string of the molecule is CCOCCOc1cc(I)c(O)cc1I. The molecule has 0 heterocycles.